The summed E-state index contributed by atoms with van der Waals surface area (Å²) in [5.41, 5.74) is 2.49. The van der Waals surface area contributed by atoms with E-state index in [1.54, 1.807) is 12.1 Å². The van der Waals surface area contributed by atoms with Gasteiger partial charge in [0.05, 0.1) is 11.0 Å². The average molecular weight is 231 g/mol. The van der Waals surface area contributed by atoms with E-state index < -0.39 is 0 Å². The van der Waals surface area contributed by atoms with E-state index in [-0.39, 0.29) is 11.4 Å². The van der Waals surface area contributed by atoms with Crippen molar-refractivity contribution in [1.82, 2.24) is 9.97 Å². The van der Waals surface area contributed by atoms with Gasteiger partial charge in [0.15, 0.2) is 0 Å². The van der Waals surface area contributed by atoms with E-state index in [2.05, 4.69) is 36.1 Å². The molecule has 90 valence electrons. The van der Waals surface area contributed by atoms with Crippen LogP contribution in [0.3, 0.4) is 0 Å². The number of aryl methyl sites for hydroxylation is 1. The highest BCUT2D eigenvalue weighted by Crippen LogP contribution is 2.22. The molecule has 17 heavy (non-hydrogen) atoms. The normalized spacial score (nSPS) is 11.8. The molecule has 0 aliphatic heterocycles. The molecule has 2 aromatic heterocycles. The van der Waals surface area contributed by atoms with Gasteiger partial charge >= 0.3 is 0 Å². The van der Waals surface area contributed by atoms with Gasteiger partial charge in [0.25, 0.3) is 0 Å². The first-order valence-electron chi connectivity index (χ1n) is 5.61. The fraction of sp³-hybridized carbons (Fsp3) is 0.385. The highest BCUT2D eigenvalue weighted by atomic mass is 16.3. The summed E-state index contributed by atoms with van der Waals surface area (Å²) in [5.74, 6) is 0.855. The molecule has 2 rings (SSSR count). The van der Waals surface area contributed by atoms with E-state index in [9.17, 15) is 5.11 Å². The van der Waals surface area contributed by atoms with Gasteiger partial charge in [0.2, 0.25) is 5.88 Å². The van der Waals surface area contributed by atoms with Gasteiger partial charge in [-0.05, 0) is 45.4 Å². The lowest BCUT2D eigenvalue weighted by Crippen LogP contribution is -2.26. The minimum absolute atomic E-state index is 0.0268. The molecule has 0 spiro atoms. The second-order valence-electron chi connectivity index (χ2n) is 5.24. The fourth-order valence-corrected chi connectivity index (χ4v) is 1.71. The van der Waals surface area contributed by atoms with E-state index in [1.165, 1.54) is 0 Å². The lowest BCUT2D eigenvalue weighted by atomic mass is 10.1. The predicted molar refractivity (Wildman–Crippen MR) is 69.3 cm³/mol. The Labute approximate surface area is 101 Å². The zero-order chi connectivity index (χ0) is 12.6. The Kier molecular flexibility index (Phi) is 2.65. The summed E-state index contributed by atoms with van der Waals surface area (Å²) in [6.45, 7) is 8.22. The molecular weight excluding hydrogens is 214 g/mol. The van der Waals surface area contributed by atoms with Crippen molar-refractivity contribution in [2.24, 2.45) is 0 Å². The minimum Gasteiger partial charge on any atom is -0.493 e. The Morgan fingerprint density at radius 2 is 1.88 bits per heavy atom. The van der Waals surface area contributed by atoms with Crippen molar-refractivity contribution in [3.63, 3.8) is 0 Å². The summed E-state index contributed by atoms with van der Waals surface area (Å²) in [6.07, 6.45) is 0. The quantitative estimate of drug-likeness (QED) is 0.792. The number of anilines is 1. The van der Waals surface area contributed by atoms with Crippen LogP contribution in [0.5, 0.6) is 5.88 Å². The molecular formula is C13H17N3O. The van der Waals surface area contributed by atoms with Crippen molar-refractivity contribution in [2.45, 2.75) is 33.2 Å². The van der Waals surface area contributed by atoms with E-state index >= 15 is 0 Å². The Balaban J connectivity index is 2.52. The molecule has 2 heterocycles. The van der Waals surface area contributed by atoms with Gasteiger partial charge < -0.3 is 10.4 Å². The Morgan fingerprint density at radius 3 is 2.53 bits per heavy atom. The molecule has 0 atom stereocenters. The summed E-state index contributed by atoms with van der Waals surface area (Å²) < 4.78 is 0. The van der Waals surface area contributed by atoms with Gasteiger partial charge in [0, 0.05) is 11.6 Å². The lowest BCUT2D eigenvalue weighted by Gasteiger charge is -2.21. The first-order chi connectivity index (χ1) is 7.85. The van der Waals surface area contributed by atoms with Gasteiger partial charge in [-0.1, -0.05) is 0 Å². The van der Waals surface area contributed by atoms with Crippen LogP contribution >= 0.6 is 0 Å². The molecule has 0 amide bonds. The Hall–Kier alpha value is -1.84. The smallest absolute Gasteiger partial charge is 0.211 e. The molecule has 0 aliphatic rings. The first kappa shape index (κ1) is 11.6. The van der Waals surface area contributed by atoms with Crippen LogP contribution in [0.15, 0.2) is 18.2 Å². The maximum absolute atomic E-state index is 9.36. The van der Waals surface area contributed by atoms with Crippen LogP contribution in [0.1, 0.15) is 26.3 Å². The second kappa shape index (κ2) is 3.87. The predicted octanol–water partition coefficient (Wildman–Crippen LogP) is 2.85. The maximum Gasteiger partial charge on any atom is 0.211 e. The van der Waals surface area contributed by atoms with Gasteiger partial charge in [-0.25, -0.2) is 9.97 Å². The molecule has 0 saturated heterocycles. The van der Waals surface area contributed by atoms with E-state index in [1.807, 2.05) is 13.0 Å². The van der Waals surface area contributed by atoms with Crippen molar-refractivity contribution in [3.8, 4) is 5.88 Å². The van der Waals surface area contributed by atoms with E-state index in [0.29, 0.717) is 0 Å². The van der Waals surface area contributed by atoms with Crippen molar-refractivity contribution < 1.29 is 5.11 Å². The number of aromatic nitrogens is 2. The van der Waals surface area contributed by atoms with Crippen LogP contribution < -0.4 is 5.32 Å². The van der Waals surface area contributed by atoms with Crippen LogP contribution in [-0.2, 0) is 0 Å². The number of hydrogen-bond donors (Lipinski definition) is 2. The molecule has 2 aromatic rings. The molecule has 2 N–H and O–H groups in total. The Bertz CT molecular complexity index is 558. The topological polar surface area (TPSA) is 58.0 Å². The summed E-state index contributed by atoms with van der Waals surface area (Å²) in [4.78, 5) is 8.56. The van der Waals surface area contributed by atoms with Crippen LogP contribution in [0.2, 0.25) is 0 Å². The molecule has 0 radical (unpaired) electrons. The number of fused-ring (bicyclic) bond motifs is 1. The fourth-order valence-electron chi connectivity index (χ4n) is 1.71. The van der Waals surface area contributed by atoms with Crippen LogP contribution in [0.4, 0.5) is 5.82 Å². The zero-order valence-electron chi connectivity index (χ0n) is 10.6. The number of nitrogens with one attached hydrogen (secondary N) is 1. The zero-order valence-corrected chi connectivity index (χ0v) is 10.6. The summed E-state index contributed by atoms with van der Waals surface area (Å²) in [7, 11) is 0. The second-order valence-corrected chi connectivity index (χ2v) is 5.24. The average Bonchev–Trinajstić information content (AvgIpc) is 2.17. The minimum atomic E-state index is -0.0303. The number of aromatic hydroxyl groups is 1. The van der Waals surface area contributed by atoms with Gasteiger partial charge in [-0.3, -0.25) is 0 Å². The molecule has 4 heteroatoms. The van der Waals surface area contributed by atoms with E-state index in [0.717, 1.165) is 22.4 Å². The summed E-state index contributed by atoms with van der Waals surface area (Å²) in [6, 6.07) is 5.27. The van der Waals surface area contributed by atoms with Crippen molar-refractivity contribution in [3.05, 3.63) is 23.8 Å². The summed E-state index contributed by atoms with van der Waals surface area (Å²) in [5, 5.41) is 12.7. The largest absolute Gasteiger partial charge is 0.493 e. The number of hydrogen-bond acceptors (Lipinski definition) is 4. The van der Waals surface area contributed by atoms with Gasteiger partial charge in [-0.2, -0.15) is 0 Å². The molecule has 0 bridgehead atoms. The highest BCUT2D eigenvalue weighted by Gasteiger charge is 2.12. The molecule has 0 fully saturated rings. The number of pyridine rings is 2. The lowest BCUT2D eigenvalue weighted by molar-refractivity contribution is 0.455. The van der Waals surface area contributed by atoms with Gasteiger partial charge in [0.1, 0.15) is 5.82 Å². The van der Waals surface area contributed by atoms with Crippen molar-refractivity contribution in [2.75, 3.05) is 5.32 Å². The number of rotatable bonds is 1. The molecule has 0 unspecified atom stereocenters. The monoisotopic (exact) mass is 231 g/mol. The highest BCUT2D eigenvalue weighted by molar-refractivity contribution is 5.80. The van der Waals surface area contributed by atoms with Crippen molar-refractivity contribution >= 4 is 16.9 Å². The number of nitrogens with zero attached hydrogens (tertiary/aromatic N) is 2. The van der Waals surface area contributed by atoms with Gasteiger partial charge in [-0.15, -0.1) is 0 Å². The molecule has 0 aromatic carbocycles. The van der Waals surface area contributed by atoms with Crippen LogP contribution in [0, 0.1) is 6.92 Å². The van der Waals surface area contributed by atoms with Crippen molar-refractivity contribution in [1.29, 1.82) is 0 Å². The molecule has 4 nitrogen and oxygen atoms in total. The SMILES string of the molecule is Cc1cc(NC(C)(C)C)nc2ccc(O)nc12. The third-order valence-electron chi connectivity index (χ3n) is 2.33. The maximum atomic E-state index is 9.36. The molecule has 0 aliphatic carbocycles. The third kappa shape index (κ3) is 2.64. The first-order valence-corrected chi connectivity index (χ1v) is 5.61. The summed E-state index contributed by atoms with van der Waals surface area (Å²) >= 11 is 0. The van der Waals surface area contributed by atoms with E-state index in [4.69, 9.17) is 0 Å². The third-order valence-corrected chi connectivity index (χ3v) is 2.33. The molecule has 0 saturated carbocycles. The van der Waals surface area contributed by atoms with Crippen LogP contribution in [-0.4, -0.2) is 20.6 Å². The Morgan fingerprint density at radius 1 is 1.18 bits per heavy atom. The standard InChI is InChI=1S/C13H17N3O/c1-8-7-10(16-13(2,3)4)14-9-5-6-11(17)15-12(8)9/h5-7H,1-4H3,(H,14,16)(H,15,17). The van der Waals surface area contributed by atoms with Crippen LogP contribution in [0.25, 0.3) is 11.0 Å².